The van der Waals surface area contributed by atoms with E-state index in [2.05, 4.69) is 5.32 Å². The third-order valence-electron chi connectivity index (χ3n) is 3.45. The highest BCUT2D eigenvalue weighted by molar-refractivity contribution is 5.80. The van der Waals surface area contributed by atoms with Gasteiger partial charge in [0.05, 0.1) is 25.9 Å². The van der Waals surface area contributed by atoms with Crippen molar-refractivity contribution < 1.29 is 19.0 Å². The Morgan fingerprint density at radius 1 is 1.35 bits per heavy atom. The van der Waals surface area contributed by atoms with Crippen LogP contribution in [0.1, 0.15) is 47.0 Å². The second-order valence-electron chi connectivity index (χ2n) is 5.86. The molecule has 0 amide bonds. The van der Waals surface area contributed by atoms with Crippen LogP contribution in [0, 0.1) is 0 Å². The fourth-order valence-corrected chi connectivity index (χ4v) is 2.45. The van der Waals surface area contributed by atoms with Crippen LogP contribution in [0.25, 0.3) is 0 Å². The molecular weight excluding hydrogens is 258 g/mol. The van der Waals surface area contributed by atoms with Crippen LogP contribution in [0.2, 0.25) is 0 Å². The number of methoxy groups -OCH3 is 1. The molecule has 0 aliphatic heterocycles. The standard InChI is InChI=1S/C15H29NO4/c1-6-19-10-12(3)20-11(2)9-15(4,14(17)18-5)16-13-7-8-13/h11-13,16H,6-10H2,1-5H3. The van der Waals surface area contributed by atoms with E-state index in [9.17, 15) is 4.79 Å². The lowest BCUT2D eigenvalue weighted by atomic mass is 9.94. The molecule has 1 rings (SSSR count). The van der Waals surface area contributed by atoms with Gasteiger partial charge < -0.3 is 14.2 Å². The molecule has 1 aliphatic rings. The molecule has 0 heterocycles. The average molecular weight is 287 g/mol. The van der Waals surface area contributed by atoms with Crippen molar-refractivity contribution in [3.8, 4) is 0 Å². The van der Waals surface area contributed by atoms with E-state index in [4.69, 9.17) is 14.2 Å². The van der Waals surface area contributed by atoms with E-state index in [1.807, 2.05) is 27.7 Å². The minimum Gasteiger partial charge on any atom is -0.468 e. The molecule has 0 aromatic heterocycles. The molecule has 0 aromatic carbocycles. The third-order valence-corrected chi connectivity index (χ3v) is 3.45. The highest BCUT2D eigenvalue weighted by atomic mass is 16.5. The van der Waals surface area contributed by atoms with E-state index < -0.39 is 5.54 Å². The van der Waals surface area contributed by atoms with Gasteiger partial charge >= 0.3 is 5.97 Å². The van der Waals surface area contributed by atoms with Crippen LogP contribution in [-0.4, -0.2) is 50.1 Å². The monoisotopic (exact) mass is 287 g/mol. The highest BCUT2D eigenvalue weighted by Gasteiger charge is 2.40. The van der Waals surface area contributed by atoms with E-state index >= 15 is 0 Å². The van der Waals surface area contributed by atoms with Crippen molar-refractivity contribution in [3.05, 3.63) is 0 Å². The summed E-state index contributed by atoms with van der Waals surface area (Å²) in [6.45, 7) is 9.08. The molecule has 0 bridgehead atoms. The molecule has 5 nitrogen and oxygen atoms in total. The second kappa shape index (κ2) is 7.96. The van der Waals surface area contributed by atoms with Crippen molar-refractivity contribution >= 4 is 5.97 Å². The summed E-state index contributed by atoms with van der Waals surface area (Å²) >= 11 is 0. The summed E-state index contributed by atoms with van der Waals surface area (Å²) in [6, 6.07) is 0.437. The minimum absolute atomic E-state index is 0.0211. The first kappa shape index (κ1) is 17.4. The number of nitrogens with one attached hydrogen (secondary N) is 1. The molecule has 20 heavy (non-hydrogen) atoms. The van der Waals surface area contributed by atoms with Crippen LogP contribution < -0.4 is 5.32 Å². The number of carbonyl (C=O) groups excluding carboxylic acids is 1. The second-order valence-corrected chi connectivity index (χ2v) is 5.86. The van der Waals surface area contributed by atoms with Gasteiger partial charge in [0.15, 0.2) is 0 Å². The van der Waals surface area contributed by atoms with Gasteiger partial charge in [-0.25, -0.2) is 0 Å². The van der Waals surface area contributed by atoms with Crippen molar-refractivity contribution in [2.75, 3.05) is 20.3 Å². The van der Waals surface area contributed by atoms with Gasteiger partial charge in [0, 0.05) is 19.1 Å². The van der Waals surface area contributed by atoms with Crippen LogP contribution in [0.5, 0.6) is 0 Å². The minimum atomic E-state index is -0.680. The molecule has 5 heteroatoms. The number of ether oxygens (including phenoxy) is 3. The number of hydrogen-bond acceptors (Lipinski definition) is 5. The molecule has 1 saturated carbocycles. The molecule has 3 atom stereocenters. The van der Waals surface area contributed by atoms with Crippen LogP contribution in [0.3, 0.4) is 0 Å². The Morgan fingerprint density at radius 2 is 2.00 bits per heavy atom. The van der Waals surface area contributed by atoms with Crippen molar-refractivity contribution in [2.24, 2.45) is 0 Å². The molecule has 0 radical (unpaired) electrons. The number of carbonyl (C=O) groups is 1. The maximum Gasteiger partial charge on any atom is 0.325 e. The number of esters is 1. The largest absolute Gasteiger partial charge is 0.468 e. The SMILES string of the molecule is CCOCC(C)OC(C)CC(C)(NC1CC1)C(=O)OC. The topological polar surface area (TPSA) is 56.8 Å². The summed E-state index contributed by atoms with van der Waals surface area (Å²) < 4.78 is 16.1. The zero-order valence-corrected chi connectivity index (χ0v) is 13.4. The molecule has 1 aliphatic carbocycles. The summed E-state index contributed by atoms with van der Waals surface area (Å²) in [4.78, 5) is 12.0. The number of hydrogen-bond donors (Lipinski definition) is 1. The van der Waals surface area contributed by atoms with E-state index in [1.165, 1.54) is 7.11 Å². The molecule has 0 saturated heterocycles. The summed E-state index contributed by atoms with van der Waals surface area (Å²) in [5, 5.41) is 3.38. The molecular formula is C15H29NO4. The lowest BCUT2D eigenvalue weighted by molar-refractivity contribution is -0.150. The van der Waals surface area contributed by atoms with Gasteiger partial charge in [0.2, 0.25) is 0 Å². The Labute approximate surface area is 122 Å². The van der Waals surface area contributed by atoms with Crippen molar-refractivity contribution in [1.82, 2.24) is 5.32 Å². The quantitative estimate of drug-likeness (QED) is 0.622. The van der Waals surface area contributed by atoms with Crippen LogP contribution in [0.4, 0.5) is 0 Å². The zero-order valence-electron chi connectivity index (χ0n) is 13.4. The molecule has 0 aromatic rings. The normalized spacial score (nSPS) is 21.1. The van der Waals surface area contributed by atoms with Crippen LogP contribution in [-0.2, 0) is 19.0 Å². The van der Waals surface area contributed by atoms with Gasteiger partial charge in [-0.3, -0.25) is 10.1 Å². The smallest absolute Gasteiger partial charge is 0.325 e. The first-order valence-electron chi connectivity index (χ1n) is 7.50. The molecule has 1 fully saturated rings. The first-order valence-corrected chi connectivity index (χ1v) is 7.50. The van der Waals surface area contributed by atoms with Crippen molar-refractivity contribution in [1.29, 1.82) is 0 Å². The Bertz CT molecular complexity index is 306. The predicted molar refractivity (Wildman–Crippen MR) is 77.7 cm³/mol. The van der Waals surface area contributed by atoms with E-state index in [-0.39, 0.29) is 18.2 Å². The Hall–Kier alpha value is -0.650. The lowest BCUT2D eigenvalue weighted by Crippen LogP contribution is -2.53. The van der Waals surface area contributed by atoms with Crippen LogP contribution >= 0.6 is 0 Å². The molecule has 118 valence electrons. The van der Waals surface area contributed by atoms with Crippen molar-refractivity contribution in [3.63, 3.8) is 0 Å². The maximum atomic E-state index is 12.0. The van der Waals surface area contributed by atoms with Gasteiger partial charge in [-0.15, -0.1) is 0 Å². The molecule has 1 N–H and O–H groups in total. The first-order chi connectivity index (χ1) is 9.41. The van der Waals surface area contributed by atoms with E-state index in [1.54, 1.807) is 0 Å². The maximum absolute atomic E-state index is 12.0. The summed E-state index contributed by atoms with van der Waals surface area (Å²) in [6.07, 6.45) is 2.83. The third kappa shape index (κ3) is 5.77. The average Bonchev–Trinajstić information content (AvgIpc) is 3.18. The molecule has 3 unspecified atom stereocenters. The van der Waals surface area contributed by atoms with E-state index in [0.29, 0.717) is 25.7 Å². The van der Waals surface area contributed by atoms with Gasteiger partial charge in [0.1, 0.15) is 5.54 Å². The number of rotatable bonds is 10. The van der Waals surface area contributed by atoms with Gasteiger partial charge in [0.25, 0.3) is 0 Å². The summed E-state index contributed by atoms with van der Waals surface area (Å²) in [5.74, 6) is -0.225. The van der Waals surface area contributed by atoms with Crippen molar-refractivity contribution in [2.45, 2.75) is 70.7 Å². The fourth-order valence-electron chi connectivity index (χ4n) is 2.45. The summed E-state index contributed by atoms with van der Waals surface area (Å²) in [7, 11) is 1.43. The Balaban J connectivity index is 2.48. The van der Waals surface area contributed by atoms with Gasteiger partial charge in [-0.05, 0) is 40.5 Å². The van der Waals surface area contributed by atoms with E-state index in [0.717, 1.165) is 12.8 Å². The molecule has 0 spiro atoms. The van der Waals surface area contributed by atoms with Gasteiger partial charge in [-0.1, -0.05) is 0 Å². The fraction of sp³-hybridized carbons (Fsp3) is 0.933. The zero-order chi connectivity index (χ0) is 15.2. The predicted octanol–water partition coefficient (Wildman–Crippen LogP) is 1.89. The highest BCUT2D eigenvalue weighted by Crippen LogP contribution is 2.26. The Morgan fingerprint density at radius 3 is 2.50 bits per heavy atom. The van der Waals surface area contributed by atoms with Gasteiger partial charge in [-0.2, -0.15) is 0 Å². The van der Waals surface area contributed by atoms with Crippen LogP contribution in [0.15, 0.2) is 0 Å². The Kier molecular flexibility index (Phi) is 6.92. The summed E-state index contributed by atoms with van der Waals surface area (Å²) in [5.41, 5.74) is -0.680. The lowest BCUT2D eigenvalue weighted by Gasteiger charge is -2.31.